The van der Waals surface area contributed by atoms with E-state index in [1.165, 1.54) is 0 Å². The van der Waals surface area contributed by atoms with Gasteiger partial charge in [0.05, 0.1) is 10.0 Å². The van der Waals surface area contributed by atoms with E-state index in [0.29, 0.717) is 16.5 Å². The van der Waals surface area contributed by atoms with Crippen molar-refractivity contribution < 1.29 is 9.53 Å². The molecule has 1 amide bonds. The van der Waals surface area contributed by atoms with Gasteiger partial charge < -0.3 is 15.8 Å². The highest BCUT2D eigenvalue weighted by Gasteiger charge is 2.19. The number of carbonyl (C=O) groups excluding carboxylic acids is 1. The summed E-state index contributed by atoms with van der Waals surface area (Å²) in [4.78, 5) is 11.7. The molecule has 112 valence electrons. The van der Waals surface area contributed by atoms with Gasteiger partial charge in [-0.15, -0.1) is 0 Å². The summed E-state index contributed by atoms with van der Waals surface area (Å²) < 4.78 is 5.20. The molecule has 1 atom stereocenters. The van der Waals surface area contributed by atoms with Crippen LogP contribution in [0.25, 0.3) is 0 Å². The predicted octanol–water partition coefficient (Wildman–Crippen LogP) is 3.39. The zero-order valence-electron chi connectivity index (χ0n) is 11.9. The normalized spacial score (nSPS) is 12.9. The lowest BCUT2D eigenvalue weighted by Gasteiger charge is -2.23. The fourth-order valence-corrected chi connectivity index (χ4v) is 2.04. The van der Waals surface area contributed by atoms with Crippen molar-refractivity contribution in [3.63, 3.8) is 0 Å². The van der Waals surface area contributed by atoms with Crippen LogP contribution in [0.4, 0.5) is 4.79 Å². The number of halogens is 2. The number of alkyl carbamates (subject to hydrolysis) is 1. The Kier molecular flexibility index (Phi) is 6.11. The van der Waals surface area contributed by atoms with Crippen LogP contribution in [0, 0.1) is 0 Å². The first-order valence-electron chi connectivity index (χ1n) is 6.35. The number of hydrogen-bond acceptors (Lipinski definition) is 3. The monoisotopic (exact) mass is 318 g/mol. The van der Waals surface area contributed by atoms with Gasteiger partial charge in [0.1, 0.15) is 5.60 Å². The van der Waals surface area contributed by atoms with Crippen molar-refractivity contribution in [3.8, 4) is 0 Å². The molecule has 0 fully saturated rings. The molecule has 0 bridgehead atoms. The van der Waals surface area contributed by atoms with E-state index in [1.807, 2.05) is 12.1 Å². The van der Waals surface area contributed by atoms with Gasteiger partial charge >= 0.3 is 6.09 Å². The molecule has 3 N–H and O–H groups in total. The summed E-state index contributed by atoms with van der Waals surface area (Å²) in [6, 6.07) is 5.12. The third kappa shape index (κ3) is 5.57. The summed E-state index contributed by atoms with van der Waals surface area (Å²) in [6.07, 6.45) is 0.000823. The number of hydrogen-bond donors (Lipinski definition) is 2. The SMILES string of the molecule is CC(C)(C)OC(=O)NC(CN)Cc1cccc(Cl)c1Cl. The quantitative estimate of drug-likeness (QED) is 0.894. The Hall–Kier alpha value is -0.970. The molecule has 1 rings (SSSR count). The van der Waals surface area contributed by atoms with Crippen molar-refractivity contribution >= 4 is 29.3 Å². The summed E-state index contributed by atoms with van der Waals surface area (Å²) in [7, 11) is 0. The van der Waals surface area contributed by atoms with Crippen molar-refractivity contribution in [2.24, 2.45) is 5.73 Å². The second kappa shape index (κ2) is 7.16. The topological polar surface area (TPSA) is 64.3 Å². The van der Waals surface area contributed by atoms with Crippen LogP contribution in [-0.4, -0.2) is 24.3 Å². The number of rotatable bonds is 4. The van der Waals surface area contributed by atoms with Crippen LogP contribution in [0.1, 0.15) is 26.3 Å². The fraction of sp³-hybridized carbons (Fsp3) is 0.500. The van der Waals surface area contributed by atoms with E-state index in [9.17, 15) is 4.79 Å². The molecule has 0 heterocycles. The largest absolute Gasteiger partial charge is 0.444 e. The van der Waals surface area contributed by atoms with E-state index >= 15 is 0 Å². The van der Waals surface area contributed by atoms with Crippen LogP contribution >= 0.6 is 23.2 Å². The molecule has 0 aromatic heterocycles. The molecule has 0 aliphatic rings. The fourth-order valence-electron chi connectivity index (χ4n) is 1.64. The van der Waals surface area contributed by atoms with Crippen molar-refractivity contribution in [1.29, 1.82) is 0 Å². The maximum Gasteiger partial charge on any atom is 0.407 e. The molecule has 4 nitrogen and oxygen atoms in total. The van der Waals surface area contributed by atoms with Gasteiger partial charge in [-0.25, -0.2) is 4.79 Å². The number of nitrogens with one attached hydrogen (secondary N) is 1. The van der Waals surface area contributed by atoms with E-state index in [2.05, 4.69) is 5.32 Å². The van der Waals surface area contributed by atoms with Crippen molar-refractivity contribution in [2.45, 2.75) is 38.8 Å². The number of ether oxygens (including phenoxy) is 1. The van der Waals surface area contributed by atoms with Gasteiger partial charge in [0.2, 0.25) is 0 Å². The van der Waals surface area contributed by atoms with Gasteiger partial charge in [-0.3, -0.25) is 0 Å². The molecule has 0 aliphatic heterocycles. The van der Waals surface area contributed by atoms with Gasteiger partial charge in [-0.1, -0.05) is 35.3 Å². The van der Waals surface area contributed by atoms with E-state index in [1.54, 1.807) is 26.8 Å². The molecular formula is C14H20Cl2N2O2. The molecule has 1 unspecified atom stereocenters. The smallest absolute Gasteiger partial charge is 0.407 e. The number of amides is 1. The first-order chi connectivity index (χ1) is 9.23. The third-order valence-corrected chi connectivity index (χ3v) is 3.36. The minimum atomic E-state index is -0.545. The molecular weight excluding hydrogens is 299 g/mol. The number of nitrogens with two attached hydrogens (primary N) is 1. The van der Waals surface area contributed by atoms with Gasteiger partial charge in [-0.2, -0.15) is 0 Å². The van der Waals surface area contributed by atoms with Crippen molar-refractivity contribution in [1.82, 2.24) is 5.32 Å². The highest BCUT2D eigenvalue weighted by molar-refractivity contribution is 6.42. The Morgan fingerprint density at radius 3 is 2.60 bits per heavy atom. The molecule has 0 saturated carbocycles. The molecule has 0 spiro atoms. The average molecular weight is 319 g/mol. The van der Waals surface area contributed by atoms with Crippen molar-refractivity contribution in [3.05, 3.63) is 33.8 Å². The molecule has 1 aromatic carbocycles. The maximum atomic E-state index is 11.7. The predicted molar refractivity (Wildman–Crippen MR) is 82.4 cm³/mol. The summed E-state index contributed by atoms with van der Waals surface area (Å²) >= 11 is 12.1. The number of carbonyl (C=O) groups is 1. The summed E-state index contributed by atoms with van der Waals surface area (Å²) in [5.41, 5.74) is 5.97. The minimum Gasteiger partial charge on any atom is -0.444 e. The lowest BCUT2D eigenvalue weighted by molar-refractivity contribution is 0.0506. The van der Waals surface area contributed by atoms with Gasteiger partial charge in [0.25, 0.3) is 0 Å². The first-order valence-corrected chi connectivity index (χ1v) is 7.11. The number of benzene rings is 1. The highest BCUT2D eigenvalue weighted by Crippen LogP contribution is 2.26. The lowest BCUT2D eigenvalue weighted by Crippen LogP contribution is -2.44. The zero-order valence-corrected chi connectivity index (χ0v) is 13.4. The third-order valence-electron chi connectivity index (χ3n) is 2.50. The second-order valence-corrected chi connectivity index (χ2v) is 6.28. The van der Waals surface area contributed by atoms with Crippen LogP contribution in [-0.2, 0) is 11.2 Å². The molecule has 20 heavy (non-hydrogen) atoms. The van der Waals surface area contributed by atoms with Crippen LogP contribution in [0.3, 0.4) is 0 Å². The van der Waals surface area contributed by atoms with E-state index in [0.717, 1.165) is 5.56 Å². The molecule has 6 heteroatoms. The van der Waals surface area contributed by atoms with Crippen LogP contribution in [0.5, 0.6) is 0 Å². The van der Waals surface area contributed by atoms with E-state index in [-0.39, 0.29) is 12.6 Å². The summed E-state index contributed by atoms with van der Waals surface area (Å²) in [6.45, 7) is 5.69. The standard InChI is InChI=1S/C14H20Cl2N2O2/c1-14(2,3)20-13(19)18-10(8-17)7-9-5-4-6-11(15)12(9)16/h4-6,10H,7-8,17H2,1-3H3,(H,18,19). The molecule has 0 saturated heterocycles. The van der Waals surface area contributed by atoms with E-state index in [4.69, 9.17) is 33.7 Å². The molecule has 1 aromatic rings. The lowest BCUT2D eigenvalue weighted by atomic mass is 10.1. The maximum absolute atomic E-state index is 11.7. The van der Waals surface area contributed by atoms with Crippen LogP contribution < -0.4 is 11.1 Å². The van der Waals surface area contributed by atoms with Crippen LogP contribution in [0.15, 0.2) is 18.2 Å². The average Bonchev–Trinajstić information content (AvgIpc) is 2.31. The zero-order chi connectivity index (χ0) is 15.3. The van der Waals surface area contributed by atoms with Crippen LogP contribution in [0.2, 0.25) is 10.0 Å². The first kappa shape index (κ1) is 17.1. The van der Waals surface area contributed by atoms with Gasteiger partial charge in [0.15, 0.2) is 0 Å². The van der Waals surface area contributed by atoms with Gasteiger partial charge in [0, 0.05) is 12.6 Å². The highest BCUT2D eigenvalue weighted by atomic mass is 35.5. The van der Waals surface area contributed by atoms with Crippen molar-refractivity contribution in [2.75, 3.05) is 6.54 Å². The molecule has 0 aliphatic carbocycles. The Morgan fingerprint density at radius 1 is 1.40 bits per heavy atom. The Balaban J connectivity index is 2.68. The summed E-state index contributed by atoms with van der Waals surface area (Å²) in [5.74, 6) is 0. The Morgan fingerprint density at radius 2 is 2.05 bits per heavy atom. The van der Waals surface area contributed by atoms with Gasteiger partial charge in [-0.05, 0) is 38.8 Å². The van der Waals surface area contributed by atoms with E-state index < -0.39 is 11.7 Å². The second-order valence-electron chi connectivity index (χ2n) is 5.50. The Bertz CT molecular complexity index is 473. The molecule has 0 radical (unpaired) electrons. The Labute approximate surface area is 129 Å². The minimum absolute atomic E-state index is 0.263. The summed E-state index contributed by atoms with van der Waals surface area (Å²) in [5, 5.41) is 3.70.